The number of carbonyl (C=O) groups excluding carboxylic acids is 2. The van der Waals surface area contributed by atoms with E-state index >= 15 is 0 Å². The standard InChI is InChI=1S/C20H20N2O5S2/c1-2-27-19(24)14-10-11-16-17(13-14)28-20(21-16)22-18(23)9-6-12-29(25,26)15-7-4-3-5-8-15/h3-5,7-8,10-11,13H,2,6,9,12H2,1H3,(H,21,22,23). The quantitative estimate of drug-likeness (QED) is 0.545. The molecule has 29 heavy (non-hydrogen) atoms. The fourth-order valence-corrected chi connectivity index (χ4v) is 4.92. The number of fused-ring (bicyclic) bond motifs is 1. The van der Waals surface area contributed by atoms with Crippen LogP contribution in [0.15, 0.2) is 53.4 Å². The molecule has 3 rings (SSSR count). The monoisotopic (exact) mass is 432 g/mol. The van der Waals surface area contributed by atoms with Gasteiger partial charge in [-0.15, -0.1) is 0 Å². The first-order valence-electron chi connectivity index (χ1n) is 9.04. The molecule has 0 aliphatic carbocycles. The number of hydrogen-bond donors (Lipinski definition) is 1. The molecule has 0 saturated carbocycles. The number of anilines is 1. The number of nitrogens with zero attached hydrogens (tertiary/aromatic N) is 1. The van der Waals surface area contributed by atoms with E-state index < -0.39 is 15.8 Å². The Morgan fingerprint density at radius 1 is 1.14 bits per heavy atom. The van der Waals surface area contributed by atoms with Crippen LogP contribution in [0.2, 0.25) is 0 Å². The highest BCUT2D eigenvalue weighted by Gasteiger charge is 2.15. The van der Waals surface area contributed by atoms with E-state index in [1.807, 2.05) is 0 Å². The lowest BCUT2D eigenvalue weighted by Crippen LogP contribution is -2.14. The summed E-state index contributed by atoms with van der Waals surface area (Å²) in [5.41, 5.74) is 1.08. The summed E-state index contributed by atoms with van der Waals surface area (Å²) in [6, 6.07) is 13.2. The molecule has 2 aromatic carbocycles. The Morgan fingerprint density at radius 3 is 2.62 bits per heavy atom. The molecule has 0 fully saturated rings. The number of sulfone groups is 1. The van der Waals surface area contributed by atoms with Gasteiger partial charge in [0, 0.05) is 6.42 Å². The molecule has 9 heteroatoms. The van der Waals surface area contributed by atoms with Crippen LogP contribution < -0.4 is 5.32 Å². The minimum absolute atomic E-state index is 0.0655. The Bertz CT molecular complexity index is 1120. The lowest BCUT2D eigenvalue weighted by atomic mass is 10.2. The number of amides is 1. The van der Waals surface area contributed by atoms with E-state index in [-0.39, 0.29) is 29.4 Å². The number of thiazole rings is 1. The fraction of sp³-hybridized carbons (Fsp3) is 0.250. The van der Waals surface area contributed by atoms with Gasteiger partial charge >= 0.3 is 5.97 Å². The van der Waals surface area contributed by atoms with Gasteiger partial charge in [-0.2, -0.15) is 0 Å². The highest BCUT2D eigenvalue weighted by atomic mass is 32.2. The SMILES string of the molecule is CCOC(=O)c1ccc2nc(NC(=O)CCCS(=O)(=O)c3ccccc3)sc2c1. The fourth-order valence-electron chi connectivity index (χ4n) is 2.67. The van der Waals surface area contributed by atoms with Crippen LogP contribution in [0.1, 0.15) is 30.1 Å². The zero-order chi connectivity index (χ0) is 20.9. The zero-order valence-corrected chi connectivity index (χ0v) is 17.4. The molecule has 0 atom stereocenters. The van der Waals surface area contributed by atoms with Gasteiger partial charge in [-0.3, -0.25) is 4.79 Å². The number of esters is 1. The van der Waals surface area contributed by atoms with Crippen molar-refractivity contribution in [3.8, 4) is 0 Å². The van der Waals surface area contributed by atoms with Crippen LogP contribution in [0.25, 0.3) is 10.2 Å². The molecule has 1 heterocycles. The summed E-state index contributed by atoms with van der Waals surface area (Å²) in [6.45, 7) is 2.03. The van der Waals surface area contributed by atoms with Gasteiger partial charge in [0.05, 0.1) is 33.0 Å². The number of rotatable bonds is 8. The number of benzene rings is 2. The van der Waals surface area contributed by atoms with Gasteiger partial charge in [-0.1, -0.05) is 29.5 Å². The van der Waals surface area contributed by atoms with E-state index in [0.717, 1.165) is 4.70 Å². The summed E-state index contributed by atoms with van der Waals surface area (Å²) in [5.74, 6) is -0.821. The largest absolute Gasteiger partial charge is 0.462 e. The topological polar surface area (TPSA) is 102 Å². The van der Waals surface area contributed by atoms with E-state index in [1.165, 1.54) is 11.3 Å². The van der Waals surface area contributed by atoms with Crippen molar-refractivity contribution in [3.63, 3.8) is 0 Å². The molecule has 1 amide bonds. The number of carbonyl (C=O) groups is 2. The van der Waals surface area contributed by atoms with Gasteiger partial charge in [0.25, 0.3) is 0 Å². The van der Waals surface area contributed by atoms with Crippen LogP contribution >= 0.6 is 11.3 Å². The lowest BCUT2D eigenvalue weighted by molar-refractivity contribution is -0.116. The molecule has 0 radical (unpaired) electrons. The number of hydrogen-bond acceptors (Lipinski definition) is 7. The summed E-state index contributed by atoms with van der Waals surface area (Å²) < 4.78 is 30.2. The van der Waals surface area contributed by atoms with Gasteiger partial charge in [0.2, 0.25) is 5.91 Å². The first-order chi connectivity index (χ1) is 13.9. The zero-order valence-electron chi connectivity index (χ0n) is 15.8. The third kappa shape index (κ3) is 5.39. The van der Waals surface area contributed by atoms with Crippen LogP contribution in [-0.4, -0.2) is 37.6 Å². The van der Waals surface area contributed by atoms with Crippen molar-refractivity contribution < 1.29 is 22.7 Å². The minimum Gasteiger partial charge on any atom is -0.462 e. The minimum atomic E-state index is -3.40. The predicted octanol–water partition coefficient (Wildman–Crippen LogP) is 3.67. The van der Waals surface area contributed by atoms with Crippen molar-refractivity contribution in [1.82, 2.24) is 4.98 Å². The maximum Gasteiger partial charge on any atom is 0.338 e. The second-order valence-electron chi connectivity index (χ2n) is 6.21. The van der Waals surface area contributed by atoms with Crippen molar-refractivity contribution in [2.75, 3.05) is 17.7 Å². The highest BCUT2D eigenvalue weighted by molar-refractivity contribution is 7.91. The van der Waals surface area contributed by atoms with E-state index in [2.05, 4.69) is 10.3 Å². The maximum atomic E-state index is 12.2. The molecule has 0 aliphatic heterocycles. The molecule has 0 aliphatic rings. The third-order valence-corrected chi connectivity index (χ3v) is 6.82. The summed E-state index contributed by atoms with van der Waals surface area (Å²) in [5, 5.41) is 3.09. The van der Waals surface area contributed by atoms with E-state index in [4.69, 9.17) is 4.74 Å². The number of aromatic nitrogens is 1. The molecule has 1 N–H and O–H groups in total. The van der Waals surface area contributed by atoms with E-state index in [9.17, 15) is 18.0 Å². The lowest BCUT2D eigenvalue weighted by Gasteiger charge is -2.04. The van der Waals surface area contributed by atoms with Gasteiger partial charge in [-0.25, -0.2) is 18.2 Å². The summed E-state index contributed by atoms with van der Waals surface area (Å²) in [4.78, 5) is 28.5. The summed E-state index contributed by atoms with van der Waals surface area (Å²) in [6.07, 6.45) is 0.275. The van der Waals surface area contributed by atoms with Crippen LogP contribution in [-0.2, 0) is 19.4 Å². The molecule has 0 saturated heterocycles. The molecule has 0 spiro atoms. The number of nitrogens with one attached hydrogen (secondary N) is 1. The Kier molecular flexibility index (Phi) is 6.60. The van der Waals surface area contributed by atoms with Gasteiger partial charge in [0.1, 0.15) is 0 Å². The molecular formula is C20H20N2O5S2. The molecule has 1 aromatic heterocycles. The molecule has 0 bridgehead atoms. The first kappa shape index (κ1) is 20.9. The van der Waals surface area contributed by atoms with Crippen LogP contribution in [0, 0.1) is 0 Å². The van der Waals surface area contributed by atoms with Crippen molar-refractivity contribution in [2.24, 2.45) is 0 Å². The first-order valence-corrected chi connectivity index (χ1v) is 11.5. The molecule has 7 nitrogen and oxygen atoms in total. The van der Waals surface area contributed by atoms with Crippen LogP contribution in [0.5, 0.6) is 0 Å². The molecule has 0 unspecified atom stereocenters. The van der Waals surface area contributed by atoms with Crippen molar-refractivity contribution in [3.05, 3.63) is 54.1 Å². The molecular weight excluding hydrogens is 412 g/mol. The average Bonchev–Trinajstić information content (AvgIpc) is 3.10. The Hall–Kier alpha value is -2.78. The predicted molar refractivity (Wildman–Crippen MR) is 112 cm³/mol. The van der Waals surface area contributed by atoms with E-state index in [0.29, 0.717) is 22.8 Å². The molecule has 3 aromatic rings. The van der Waals surface area contributed by atoms with Gasteiger partial charge < -0.3 is 10.1 Å². The van der Waals surface area contributed by atoms with Crippen molar-refractivity contribution in [1.29, 1.82) is 0 Å². The second kappa shape index (κ2) is 9.15. The normalized spacial score (nSPS) is 11.3. The number of ether oxygens (including phenoxy) is 1. The average molecular weight is 433 g/mol. The summed E-state index contributed by atoms with van der Waals surface area (Å²) in [7, 11) is -3.40. The summed E-state index contributed by atoms with van der Waals surface area (Å²) >= 11 is 1.24. The van der Waals surface area contributed by atoms with Crippen molar-refractivity contribution >= 4 is 48.4 Å². The van der Waals surface area contributed by atoms with E-state index in [1.54, 1.807) is 55.5 Å². The van der Waals surface area contributed by atoms with Gasteiger partial charge in [0.15, 0.2) is 15.0 Å². The Labute approximate surface area is 172 Å². The van der Waals surface area contributed by atoms with Crippen molar-refractivity contribution in [2.45, 2.75) is 24.7 Å². The van der Waals surface area contributed by atoms with Gasteiger partial charge in [-0.05, 0) is 43.7 Å². The Balaban J connectivity index is 1.58. The smallest absolute Gasteiger partial charge is 0.338 e. The Morgan fingerprint density at radius 2 is 1.90 bits per heavy atom. The van der Waals surface area contributed by atoms with Crippen LogP contribution in [0.4, 0.5) is 5.13 Å². The third-order valence-electron chi connectivity index (χ3n) is 4.07. The van der Waals surface area contributed by atoms with Crippen LogP contribution in [0.3, 0.4) is 0 Å². The molecule has 152 valence electrons. The second-order valence-corrected chi connectivity index (χ2v) is 9.35. The maximum absolute atomic E-state index is 12.2. The highest BCUT2D eigenvalue weighted by Crippen LogP contribution is 2.27.